The third-order valence-electron chi connectivity index (χ3n) is 4.59. The van der Waals surface area contributed by atoms with Crippen LogP contribution in [0, 0.1) is 17.7 Å². The van der Waals surface area contributed by atoms with Crippen molar-refractivity contribution in [3.8, 4) is 0 Å². The van der Waals surface area contributed by atoms with Gasteiger partial charge in [0.25, 0.3) is 0 Å². The molecule has 0 bridgehead atoms. The maximum absolute atomic E-state index is 13.9. The van der Waals surface area contributed by atoms with Crippen LogP contribution in [0.2, 0.25) is 0 Å². The Bertz CT molecular complexity index is 590. The molecule has 2 heterocycles. The summed E-state index contributed by atoms with van der Waals surface area (Å²) < 4.78 is 13.9. The first-order valence-corrected chi connectivity index (χ1v) is 7.90. The molecule has 2 fully saturated rings. The Morgan fingerprint density at radius 3 is 2.77 bits per heavy atom. The lowest BCUT2D eigenvalue weighted by Gasteiger charge is -2.32. The number of hydrogen-bond acceptors (Lipinski definition) is 2. The predicted molar refractivity (Wildman–Crippen MR) is 81.8 cm³/mol. The van der Waals surface area contributed by atoms with Crippen molar-refractivity contribution in [2.75, 3.05) is 24.5 Å². The van der Waals surface area contributed by atoms with Crippen LogP contribution in [0.3, 0.4) is 0 Å². The van der Waals surface area contributed by atoms with Crippen LogP contribution >= 0.6 is 0 Å². The molecule has 2 unspecified atom stereocenters. The third-order valence-corrected chi connectivity index (χ3v) is 4.59. The predicted octanol–water partition coefficient (Wildman–Crippen LogP) is 2.44. The van der Waals surface area contributed by atoms with Gasteiger partial charge >= 0.3 is 0 Å². The molecule has 0 aliphatic carbocycles. The Labute approximate surface area is 129 Å². The van der Waals surface area contributed by atoms with Crippen molar-refractivity contribution in [2.45, 2.75) is 26.2 Å². The highest BCUT2D eigenvalue weighted by Crippen LogP contribution is 2.29. The van der Waals surface area contributed by atoms with E-state index in [2.05, 4.69) is 6.92 Å². The van der Waals surface area contributed by atoms with Gasteiger partial charge in [-0.15, -0.1) is 0 Å². The molecular formula is C17H21FN2O2. The minimum Gasteiger partial charge on any atom is -0.342 e. The quantitative estimate of drug-likeness (QED) is 0.842. The molecule has 2 atom stereocenters. The smallest absolute Gasteiger partial charge is 0.228 e. The summed E-state index contributed by atoms with van der Waals surface area (Å²) in [5.74, 6) is -0.391. The van der Waals surface area contributed by atoms with Crippen molar-refractivity contribution in [3.05, 3.63) is 30.1 Å². The fraction of sp³-hybridized carbons (Fsp3) is 0.529. The molecule has 1 aromatic rings. The maximum atomic E-state index is 13.9. The van der Waals surface area contributed by atoms with Gasteiger partial charge in [0.1, 0.15) is 5.82 Å². The summed E-state index contributed by atoms with van der Waals surface area (Å²) in [4.78, 5) is 28.1. The molecule has 118 valence electrons. The van der Waals surface area contributed by atoms with E-state index in [9.17, 15) is 14.0 Å². The Hall–Kier alpha value is -1.91. The van der Waals surface area contributed by atoms with E-state index in [0.29, 0.717) is 5.92 Å². The van der Waals surface area contributed by atoms with E-state index < -0.39 is 5.82 Å². The lowest BCUT2D eigenvalue weighted by Crippen LogP contribution is -2.43. The Morgan fingerprint density at radius 1 is 1.27 bits per heavy atom. The average Bonchev–Trinajstić information content (AvgIpc) is 2.89. The second-order valence-corrected chi connectivity index (χ2v) is 6.39. The molecule has 4 nitrogen and oxygen atoms in total. The lowest BCUT2D eigenvalue weighted by molar-refractivity contribution is -0.137. The number of carbonyl (C=O) groups excluding carboxylic acids is 2. The molecule has 0 aromatic heterocycles. The van der Waals surface area contributed by atoms with Crippen molar-refractivity contribution in [1.82, 2.24) is 4.90 Å². The fourth-order valence-corrected chi connectivity index (χ4v) is 3.42. The van der Waals surface area contributed by atoms with Crippen LogP contribution in [0.25, 0.3) is 0 Å². The number of rotatable bonds is 2. The van der Waals surface area contributed by atoms with Crippen LogP contribution in [-0.4, -0.2) is 36.3 Å². The van der Waals surface area contributed by atoms with Crippen molar-refractivity contribution in [2.24, 2.45) is 11.8 Å². The second-order valence-electron chi connectivity index (χ2n) is 6.39. The summed E-state index contributed by atoms with van der Waals surface area (Å²) in [6.45, 7) is 3.96. The molecule has 1 aromatic carbocycles. The third kappa shape index (κ3) is 2.85. The Balaban J connectivity index is 1.72. The van der Waals surface area contributed by atoms with Crippen molar-refractivity contribution >= 4 is 17.5 Å². The second kappa shape index (κ2) is 6.07. The molecule has 0 radical (unpaired) electrons. The van der Waals surface area contributed by atoms with E-state index >= 15 is 0 Å². The zero-order valence-electron chi connectivity index (χ0n) is 12.8. The molecule has 2 aliphatic rings. The summed E-state index contributed by atoms with van der Waals surface area (Å²) in [6.07, 6.45) is 2.34. The Morgan fingerprint density at radius 2 is 2.05 bits per heavy atom. The minimum absolute atomic E-state index is 0.0405. The number of para-hydroxylation sites is 1. The highest BCUT2D eigenvalue weighted by Gasteiger charge is 2.38. The number of halogens is 1. The highest BCUT2D eigenvalue weighted by atomic mass is 19.1. The first-order valence-electron chi connectivity index (χ1n) is 7.90. The van der Waals surface area contributed by atoms with Gasteiger partial charge < -0.3 is 9.80 Å². The fourth-order valence-electron chi connectivity index (χ4n) is 3.42. The van der Waals surface area contributed by atoms with Crippen molar-refractivity contribution in [3.63, 3.8) is 0 Å². The van der Waals surface area contributed by atoms with Crippen LogP contribution in [0.1, 0.15) is 26.2 Å². The monoisotopic (exact) mass is 304 g/mol. The van der Waals surface area contributed by atoms with Gasteiger partial charge in [-0.2, -0.15) is 0 Å². The van der Waals surface area contributed by atoms with Crippen LogP contribution in [-0.2, 0) is 9.59 Å². The average molecular weight is 304 g/mol. The van der Waals surface area contributed by atoms with E-state index in [1.165, 1.54) is 11.0 Å². The minimum atomic E-state index is -0.421. The molecule has 22 heavy (non-hydrogen) atoms. The summed E-state index contributed by atoms with van der Waals surface area (Å²) in [7, 11) is 0. The summed E-state index contributed by atoms with van der Waals surface area (Å²) in [6, 6.07) is 6.22. The van der Waals surface area contributed by atoms with E-state index in [-0.39, 0.29) is 36.4 Å². The molecule has 5 heteroatoms. The van der Waals surface area contributed by atoms with Crippen molar-refractivity contribution in [1.29, 1.82) is 0 Å². The standard InChI is InChI=1S/C17H21FN2O2/c1-12-5-4-8-19(10-12)17(22)13-9-16(21)20(11-13)15-7-3-2-6-14(15)18/h2-3,6-7,12-13H,4-5,8-11H2,1H3. The van der Waals surface area contributed by atoms with Gasteiger partial charge in [0, 0.05) is 26.1 Å². The summed E-state index contributed by atoms with van der Waals surface area (Å²) >= 11 is 0. The molecule has 0 spiro atoms. The van der Waals surface area contributed by atoms with Crippen LogP contribution in [0.5, 0.6) is 0 Å². The summed E-state index contributed by atoms with van der Waals surface area (Å²) in [5.41, 5.74) is 0.273. The molecular weight excluding hydrogens is 283 g/mol. The maximum Gasteiger partial charge on any atom is 0.228 e. The molecule has 2 saturated heterocycles. The van der Waals surface area contributed by atoms with Gasteiger partial charge in [-0.1, -0.05) is 19.1 Å². The van der Waals surface area contributed by atoms with Gasteiger partial charge in [-0.3, -0.25) is 9.59 Å². The largest absolute Gasteiger partial charge is 0.342 e. The van der Waals surface area contributed by atoms with E-state index in [4.69, 9.17) is 0 Å². The number of benzene rings is 1. The number of anilines is 1. The van der Waals surface area contributed by atoms with E-state index in [1.54, 1.807) is 18.2 Å². The van der Waals surface area contributed by atoms with Gasteiger partial charge in [-0.05, 0) is 30.9 Å². The molecule has 0 N–H and O–H groups in total. The molecule has 0 saturated carbocycles. The SMILES string of the molecule is CC1CCCN(C(=O)C2CC(=O)N(c3ccccc3F)C2)C1. The molecule has 2 amide bonds. The first kappa shape index (κ1) is 15.0. The normalized spacial score (nSPS) is 25.6. The highest BCUT2D eigenvalue weighted by molar-refractivity contribution is 6.00. The van der Waals surface area contributed by atoms with Gasteiger partial charge in [0.15, 0.2) is 0 Å². The number of piperidine rings is 1. The summed E-state index contributed by atoms with van der Waals surface area (Å²) in [5, 5.41) is 0. The van der Waals surface area contributed by atoms with Gasteiger partial charge in [0.2, 0.25) is 11.8 Å². The van der Waals surface area contributed by atoms with Crippen LogP contribution in [0.15, 0.2) is 24.3 Å². The topological polar surface area (TPSA) is 40.6 Å². The number of hydrogen-bond donors (Lipinski definition) is 0. The number of carbonyl (C=O) groups is 2. The number of nitrogens with zero attached hydrogens (tertiary/aromatic N) is 2. The lowest BCUT2D eigenvalue weighted by atomic mass is 9.98. The Kier molecular flexibility index (Phi) is 4.14. The van der Waals surface area contributed by atoms with E-state index in [0.717, 1.165) is 25.9 Å². The first-order chi connectivity index (χ1) is 10.6. The van der Waals surface area contributed by atoms with Gasteiger partial charge in [0.05, 0.1) is 11.6 Å². The zero-order valence-corrected chi connectivity index (χ0v) is 12.8. The zero-order chi connectivity index (χ0) is 15.7. The molecule has 2 aliphatic heterocycles. The number of likely N-dealkylation sites (tertiary alicyclic amines) is 1. The van der Waals surface area contributed by atoms with E-state index in [1.807, 2.05) is 4.90 Å². The van der Waals surface area contributed by atoms with Gasteiger partial charge in [-0.25, -0.2) is 4.39 Å². The number of amides is 2. The van der Waals surface area contributed by atoms with Crippen LogP contribution in [0.4, 0.5) is 10.1 Å². The molecule has 3 rings (SSSR count). The van der Waals surface area contributed by atoms with Crippen LogP contribution < -0.4 is 4.90 Å². The van der Waals surface area contributed by atoms with Crippen molar-refractivity contribution < 1.29 is 14.0 Å².